The molecule has 8 heteroatoms. The SMILES string of the molecule is O=C(CCCc1cccs1)Nc1cccc(C(=O)NC2CCS(=O)(=O)c3ccccc32)c1. The van der Waals surface area contributed by atoms with Crippen molar-refractivity contribution in [3.05, 3.63) is 82.0 Å². The van der Waals surface area contributed by atoms with Gasteiger partial charge >= 0.3 is 0 Å². The van der Waals surface area contributed by atoms with Crippen molar-refractivity contribution in [2.45, 2.75) is 36.6 Å². The molecule has 6 nitrogen and oxygen atoms in total. The predicted molar refractivity (Wildman–Crippen MR) is 126 cm³/mol. The van der Waals surface area contributed by atoms with Crippen molar-refractivity contribution < 1.29 is 18.0 Å². The van der Waals surface area contributed by atoms with Gasteiger partial charge in [-0.25, -0.2) is 8.42 Å². The number of fused-ring (bicyclic) bond motifs is 1. The molecule has 3 aromatic rings. The largest absolute Gasteiger partial charge is 0.345 e. The van der Waals surface area contributed by atoms with E-state index in [2.05, 4.69) is 16.7 Å². The summed E-state index contributed by atoms with van der Waals surface area (Å²) >= 11 is 1.68. The Bertz CT molecular complexity index is 1220. The van der Waals surface area contributed by atoms with Gasteiger partial charge in [0.25, 0.3) is 5.91 Å². The average Bonchev–Trinajstić information content (AvgIpc) is 3.30. The van der Waals surface area contributed by atoms with E-state index < -0.39 is 9.84 Å². The van der Waals surface area contributed by atoms with Crippen LogP contribution in [0, 0.1) is 0 Å². The number of benzene rings is 2. The molecule has 2 aromatic carbocycles. The van der Waals surface area contributed by atoms with Crippen LogP contribution in [-0.4, -0.2) is 26.0 Å². The van der Waals surface area contributed by atoms with Crippen LogP contribution in [0.2, 0.25) is 0 Å². The fourth-order valence-corrected chi connectivity index (χ4v) is 6.19. The number of hydrogen-bond donors (Lipinski definition) is 2. The number of hydrogen-bond acceptors (Lipinski definition) is 5. The van der Waals surface area contributed by atoms with Crippen molar-refractivity contribution in [1.29, 1.82) is 0 Å². The molecule has 2 N–H and O–H groups in total. The Morgan fingerprint density at radius 1 is 1.03 bits per heavy atom. The van der Waals surface area contributed by atoms with E-state index in [1.165, 1.54) is 4.88 Å². The van der Waals surface area contributed by atoms with Crippen LogP contribution in [0.3, 0.4) is 0 Å². The van der Waals surface area contributed by atoms with Gasteiger partial charge in [0, 0.05) is 22.5 Å². The fourth-order valence-electron chi connectivity index (χ4n) is 3.82. The molecule has 166 valence electrons. The highest BCUT2D eigenvalue weighted by Gasteiger charge is 2.30. The van der Waals surface area contributed by atoms with Gasteiger partial charge in [-0.15, -0.1) is 11.3 Å². The summed E-state index contributed by atoms with van der Waals surface area (Å²) in [6.07, 6.45) is 2.36. The lowest BCUT2D eigenvalue weighted by Crippen LogP contribution is -2.33. The second-order valence-electron chi connectivity index (χ2n) is 7.73. The minimum absolute atomic E-state index is 0.00344. The maximum Gasteiger partial charge on any atom is 0.251 e. The quantitative estimate of drug-likeness (QED) is 0.539. The fraction of sp³-hybridized carbons (Fsp3) is 0.250. The van der Waals surface area contributed by atoms with Crippen LogP contribution in [0.4, 0.5) is 5.69 Å². The molecule has 2 heterocycles. The van der Waals surface area contributed by atoms with Gasteiger partial charge in [0.2, 0.25) is 5.91 Å². The molecule has 0 bridgehead atoms. The first-order valence-electron chi connectivity index (χ1n) is 10.5. The van der Waals surface area contributed by atoms with Gasteiger partial charge in [0.15, 0.2) is 9.84 Å². The minimum Gasteiger partial charge on any atom is -0.345 e. The Labute approximate surface area is 191 Å². The number of carbonyl (C=O) groups is 2. The number of aryl methyl sites for hydroxylation is 1. The Kier molecular flexibility index (Phi) is 6.72. The molecule has 1 atom stereocenters. The molecule has 0 saturated carbocycles. The van der Waals surface area contributed by atoms with Crippen LogP contribution >= 0.6 is 11.3 Å². The molecular formula is C24H24N2O4S2. The maximum atomic E-state index is 12.9. The van der Waals surface area contributed by atoms with Gasteiger partial charge in [-0.1, -0.05) is 30.3 Å². The molecular weight excluding hydrogens is 444 g/mol. The number of carbonyl (C=O) groups excluding carboxylic acids is 2. The van der Waals surface area contributed by atoms with E-state index in [1.807, 2.05) is 11.4 Å². The van der Waals surface area contributed by atoms with Crippen molar-refractivity contribution >= 4 is 38.7 Å². The normalized spacial score (nSPS) is 16.7. The van der Waals surface area contributed by atoms with Crippen molar-refractivity contribution in [2.24, 2.45) is 0 Å². The third-order valence-electron chi connectivity index (χ3n) is 5.43. The van der Waals surface area contributed by atoms with Crippen molar-refractivity contribution in [1.82, 2.24) is 5.32 Å². The molecule has 1 aromatic heterocycles. The molecule has 0 radical (unpaired) electrons. The highest BCUT2D eigenvalue weighted by molar-refractivity contribution is 7.91. The van der Waals surface area contributed by atoms with Gasteiger partial charge < -0.3 is 10.6 Å². The standard InChI is InChI=1S/C24H24N2O4S2/c27-23(12-4-8-19-9-5-14-31-19)25-18-7-3-6-17(16-18)24(28)26-21-13-15-32(29,30)22-11-2-1-10-20(21)22/h1-3,5-7,9-11,14,16,21H,4,8,12-13,15H2,(H,25,27)(H,26,28). The van der Waals surface area contributed by atoms with Crippen LogP contribution in [0.15, 0.2) is 70.9 Å². The molecule has 0 spiro atoms. The second-order valence-corrected chi connectivity index (χ2v) is 10.8. The number of nitrogens with one attached hydrogen (secondary N) is 2. The summed E-state index contributed by atoms with van der Waals surface area (Å²) in [4.78, 5) is 26.7. The summed E-state index contributed by atoms with van der Waals surface area (Å²) in [5, 5.41) is 7.82. The molecule has 32 heavy (non-hydrogen) atoms. The van der Waals surface area contributed by atoms with Gasteiger partial charge in [-0.05, 0) is 60.5 Å². The smallest absolute Gasteiger partial charge is 0.251 e. The molecule has 0 saturated heterocycles. The first kappa shape index (κ1) is 22.2. The number of anilines is 1. The lowest BCUT2D eigenvalue weighted by molar-refractivity contribution is -0.116. The van der Waals surface area contributed by atoms with Crippen molar-refractivity contribution in [3.8, 4) is 0 Å². The van der Waals surface area contributed by atoms with Crippen LogP contribution in [0.25, 0.3) is 0 Å². The summed E-state index contributed by atoms with van der Waals surface area (Å²) in [5.74, 6) is -0.403. The van der Waals surface area contributed by atoms with Crippen LogP contribution in [0.1, 0.15) is 46.1 Å². The first-order chi connectivity index (χ1) is 15.4. The van der Waals surface area contributed by atoms with E-state index in [1.54, 1.807) is 59.9 Å². The zero-order chi connectivity index (χ0) is 22.6. The van der Waals surface area contributed by atoms with Crippen LogP contribution < -0.4 is 10.6 Å². The zero-order valence-electron chi connectivity index (χ0n) is 17.4. The molecule has 0 fully saturated rings. The lowest BCUT2D eigenvalue weighted by Gasteiger charge is -2.26. The van der Waals surface area contributed by atoms with E-state index >= 15 is 0 Å². The minimum atomic E-state index is -3.32. The monoisotopic (exact) mass is 468 g/mol. The maximum absolute atomic E-state index is 12.9. The topological polar surface area (TPSA) is 92.3 Å². The molecule has 2 amide bonds. The summed E-state index contributed by atoms with van der Waals surface area (Å²) in [6.45, 7) is 0. The number of rotatable bonds is 7. The van der Waals surface area contributed by atoms with Crippen LogP contribution in [-0.2, 0) is 21.1 Å². The Morgan fingerprint density at radius 2 is 1.88 bits per heavy atom. The third-order valence-corrected chi connectivity index (χ3v) is 8.18. The van der Waals surface area contributed by atoms with Crippen LogP contribution in [0.5, 0.6) is 0 Å². The summed E-state index contributed by atoms with van der Waals surface area (Å²) in [6, 6.07) is 17.2. The van der Waals surface area contributed by atoms with E-state index in [9.17, 15) is 18.0 Å². The molecule has 1 aliphatic heterocycles. The Balaban J connectivity index is 1.38. The molecule has 0 aliphatic carbocycles. The second kappa shape index (κ2) is 9.67. The van der Waals surface area contributed by atoms with E-state index in [0.717, 1.165) is 12.8 Å². The molecule has 1 aliphatic rings. The predicted octanol–water partition coefficient (Wildman–Crippen LogP) is 4.36. The highest BCUT2D eigenvalue weighted by atomic mass is 32.2. The van der Waals surface area contributed by atoms with Crippen molar-refractivity contribution in [2.75, 3.05) is 11.1 Å². The average molecular weight is 469 g/mol. The van der Waals surface area contributed by atoms with E-state index in [4.69, 9.17) is 0 Å². The first-order valence-corrected chi connectivity index (χ1v) is 13.0. The lowest BCUT2D eigenvalue weighted by atomic mass is 10.0. The van der Waals surface area contributed by atoms with E-state index in [-0.39, 0.29) is 28.5 Å². The van der Waals surface area contributed by atoms with E-state index in [0.29, 0.717) is 29.7 Å². The molecule has 4 rings (SSSR count). The number of thiophene rings is 1. The van der Waals surface area contributed by atoms with Gasteiger partial charge in [0.05, 0.1) is 16.7 Å². The number of amides is 2. The zero-order valence-corrected chi connectivity index (χ0v) is 19.0. The van der Waals surface area contributed by atoms with Gasteiger partial charge in [-0.2, -0.15) is 0 Å². The summed E-state index contributed by atoms with van der Waals surface area (Å²) < 4.78 is 24.6. The summed E-state index contributed by atoms with van der Waals surface area (Å²) in [7, 11) is -3.32. The van der Waals surface area contributed by atoms with Gasteiger partial charge in [-0.3, -0.25) is 9.59 Å². The highest BCUT2D eigenvalue weighted by Crippen LogP contribution is 2.32. The Hall–Kier alpha value is -2.97. The van der Waals surface area contributed by atoms with Gasteiger partial charge in [0.1, 0.15) is 0 Å². The summed E-state index contributed by atoms with van der Waals surface area (Å²) in [5.41, 5.74) is 1.58. The Morgan fingerprint density at radius 3 is 2.69 bits per heavy atom. The number of sulfone groups is 1. The molecule has 1 unspecified atom stereocenters. The van der Waals surface area contributed by atoms with Crippen molar-refractivity contribution in [3.63, 3.8) is 0 Å². The third kappa shape index (κ3) is 5.26.